The lowest BCUT2D eigenvalue weighted by Crippen LogP contribution is -2.24. The number of Topliss-reactive ketones (excluding diaryl/α,β-unsaturated/α-hetero) is 1. The van der Waals surface area contributed by atoms with Crippen LogP contribution in [0.3, 0.4) is 0 Å². The lowest BCUT2D eigenvalue weighted by Gasteiger charge is -2.21. The lowest BCUT2D eigenvalue weighted by molar-refractivity contribution is -0.120. The van der Waals surface area contributed by atoms with E-state index in [1.807, 2.05) is 0 Å². The van der Waals surface area contributed by atoms with E-state index in [0.29, 0.717) is 21.9 Å². The maximum absolute atomic E-state index is 15.1. The van der Waals surface area contributed by atoms with Crippen molar-refractivity contribution in [1.29, 1.82) is 0 Å². The van der Waals surface area contributed by atoms with Crippen molar-refractivity contribution >= 4 is 11.7 Å². The highest BCUT2D eigenvalue weighted by Crippen LogP contribution is 2.68. The number of ketones is 1. The van der Waals surface area contributed by atoms with E-state index >= 15 is 8.78 Å². The zero-order valence-electron chi connectivity index (χ0n) is 23.6. The van der Waals surface area contributed by atoms with Crippen molar-refractivity contribution in [2.75, 3.05) is 7.05 Å². The Hall–Kier alpha value is -4.55. The normalized spacial score (nSPS) is 18.4. The van der Waals surface area contributed by atoms with E-state index in [4.69, 9.17) is 0 Å². The summed E-state index contributed by atoms with van der Waals surface area (Å²) < 4.78 is 101. The molecule has 1 fully saturated rings. The summed E-state index contributed by atoms with van der Waals surface area (Å²) >= 11 is 0. The average Bonchev–Trinajstić information content (AvgIpc) is 3.65. The Bertz CT molecular complexity index is 1800. The SMILES string of the molecule is CNC(=O)c1cc(-c2cccnc2[C@@H](CC(=O)Cn2nc(C(F)F)c3c2C(F)(F)C2CC32)Cc2cc(F)cc(F)c2)ccc1F. The van der Waals surface area contributed by atoms with Crippen molar-refractivity contribution in [3.8, 4) is 11.1 Å². The van der Waals surface area contributed by atoms with Gasteiger partial charge in [0.1, 0.15) is 35.4 Å². The lowest BCUT2D eigenvalue weighted by atomic mass is 9.86. The maximum Gasteiger partial charge on any atom is 0.293 e. The summed E-state index contributed by atoms with van der Waals surface area (Å²) in [6.45, 7) is -0.738. The molecule has 6 rings (SSSR count). The fraction of sp³-hybridized carbons (Fsp3) is 0.312. The Morgan fingerprint density at radius 1 is 1.04 bits per heavy atom. The van der Waals surface area contributed by atoms with Crippen molar-refractivity contribution in [3.63, 3.8) is 0 Å². The van der Waals surface area contributed by atoms with Crippen molar-refractivity contribution in [1.82, 2.24) is 20.1 Å². The highest BCUT2D eigenvalue weighted by Gasteiger charge is 2.67. The zero-order chi connectivity index (χ0) is 32.2. The Morgan fingerprint density at radius 3 is 2.47 bits per heavy atom. The van der Waals surface area contributed by atoms with E-state index in [-0.39, 0.29) is 35.2 Å². The zero-order valence-corrected chi connectivity index (χ0v) is 23.6. The van der Waals surface area contributed by atoms with Crippen LogP contribution in [0.5, 0.6) is 0 Å². The fourth-order valence-corrected chi connectivity index (χ4v) is 6.35. The molecule has 2 aromatic heterocycles. The Balaban J connectivity index is 1.38. The van der Waals surface area contributed by atoms with Gasteiger partial charge in [0.25, 0.3) is 18.3 Å². The largest absolute Gasteiger partial charge is 0.355 e. The molecular weight excluding hydrogens is 605 g/mol. The number of carbonyl (C=O) groups excluding carboxylic acids is 2. The van der Waals surface area contributed by atoms with Crippen molar-refractivity contribution in [2.45, 2.75) is 50.0 Å². The second-order valence-electron chi connectivity index (χ2n) is 11.3. The van der Waals surface area contributed by atoms with Crippen LogP contribution in [-0.4, -0.2) is 33.5 Å². The van der Waals surface area contributed by atoms with Gasteiger partial charge in [0.05, 0.1) is 11.3 Å². The fourth-order valence-electron chi connectivity index (χ4n) is 6.35. The van der Waals surface area contributed by atoms with Crippen LogP contribution in [0.2, 0.25) is 0 Å². The van der Waals surface area contributed by atoms with E-state index in [1.54, 1.807) is 12.1 Å². The van der Waals surface area contributed by atoms with Crippen LogP contribution >= 0.6 is 0 Å². The first kappa shape index (κ1) is 30.5. The monoisotopic (exact) mass is 630 g/mol. The van der Waals surface area contributed by atoms with Crippen molar-refractivity contribution in [3.05, 3.63) is 106 Å². The number of nitrogens with one attached hydrogen (secondary N) is 1. The smallest absolute Gasteiger partial charge is 0.293 e. The molecular formula is C32H25F7N4O2. The highest BCUT2D eigenvalue weighted by atomic mass is 19.3. The molecule has 3 atom stereocenters. The third kappa shape index (κ3) is 5.59. The predicted molar refractivity (Wildman–Crippen MR) is 147 cm³/mol. The molecule has 6 nitrogen and oxygen atoms in total. The summed E-state index contributed by atoms with van der Waals surface area (Å²) in [5, 5.41) is 6.07. The number of fused-ring (bicyclic) bond motifs is 3. The second kappa shape index (κ2) is 11.4. The minimum atomic E-state index is -3.42. The van der Waals surface area contributed by atoms with Crippen LogP contribution in [-0.2, 0) is 23.7 Å². The summed E-state index contributed by atoms with van der Waals surface area (Å²) in [7, 11) is 1.34. The van der Waals surface area contributed by atoms with Gasteiger partial charge in [-0.1, -0.05) is 12.1 Å². The van der Waals surface area contributed by atoms with Gasteiger partial charge in [-0.3, -0.25) is 19.3 Å². The van der Waals surface area contributed by atoms with E-state index in [2.05, 4.69) is 15.4 Å². The molecule has 0 saturated heterocycles. The maximum atomic E-state index is 15.1. The Labute approximate surface area is 252 Å². The molecule has 0 radical (unpaired) electrons. The third-order valence-corrected chi connectivity index (χ3v) is 8.35. The molecule has 234 valence electrons. The molecule has 0 bridgehead atoms. The van der Waals surface area contributed by atoms with Gasteiger partial charge in [-0.15, -0.1) is 0 Å². The number of hydrogen-bond donors (Lipinski definition) is 1. The first-order chi connectivity index (χ1) is 21.4. The van der Waals surface area contributed by atoms with Gasteiger partial charge in [-0.05, 0) is 60.2 Å². The second-order valence-corrected chi connectivity index (χ2v) is 11.3. The molecule has 1 N–H and O–H groups in total. The molecule has 1 saturated carbocycles. The first-order valence-electron chi connectivity index (χ1n) is 14.1. The molecule has 2 aliphatic rings. The predicted octanol–water partition coefficient (Wildman–Crippen LogP) is 6.85. The number of halogens is 7. The first-order valence-corrected chi connectivity index (χ1v) is 14.1. The van der Waals surface area contributed by atoms with Crippen LogP contribution in [0.25, 0.3) is 11.1 Å². The van der Waals surface area contributed by atoms with Gasteiger partial charge in [-0.25, -0.2) is 22.0 Å². The Kier molecular flexibility index (Phi) is 7.74. The number of hydrogen-bond acceptors (Lipinski definition) is 4. The summed E-state index contributed by atoms with van der Waals surface area (Å²) in [5.41, 5.74) is -0.752. The van der Waals surface area contributed by atoms with E-state index in [9.17, 15) is 31.5 Å². The van der Waals surface area contributed by atoms with Gasteiger partial charge in [0, 0.05) is 48.7 Å². The topological polar surface area (TPSA) is 76.9 Å². The summed E-state index contributed by atoms with van der Waals surface area (Å²) in [5.74, 6) is -10.0. The number of nitrogens with zero attached hydrogens (tertiary/aromatic N) is 3. The minimum Gasteiger partial charge on any atom is -0.355 e. The van der Waals surface area contributed by atoms with Crippen LogP contribution in [0.15, 0.2) is 54.7 Å². The number of amides is 1. The standard InChI is InChI=1S/C32H25F7N4O2/c1-40-31(45)23-11-16(4-5-25(23)35)21-3-2-6-41-27(21)17(7-15-8-18(33)12-19(34)9-15)10-20(44)14-43-29-26(28(42-43)30(36)37)22-13-24(22)32(29,38)39/h2-6,8-9,11-12,17,22,24,30H,7,10,13-14H2,1H3,(H,40,45)/t17-,22?,24?/m1/s1. The van der Waals surface area contributed by atoms with Gasteiger partial charge >= 0.3 is 0 Å². The Morgan fingerprint density at radius 2 is 1.78 bits per heavy atom. The molecule has 45 heavy (non-hydrogen) atoms. The minimum absolute atomic E-state index is 0.0685. The van der Waals surface area contributed by atoms with Crippen molar-refractivity contribution < 1.29 is 40.3 Å². The van der Waals surface area contributed by atoms with E-state index in [1.165, 1.54) is 25.4 Å². The van der Waals surface area contributed by atoms with Crippen LogP contribution in [0.1, 0.15) is 69.7 Å². The van der Waals surface area contributed by atoms with Gasteiger partial charge < -0.3 is 5.32 Å². The summed E-state index contributed by atoms with van der Waals surface area (Å²) in [6, 6.07) is 9.78. The number of alkyl halides is 4. The molecule has 2 aliphatic carbocycles. The molecule has 2 aromatic carbocycles. The van der Waals surface area contributed by atoms with Crippen LogP contribution in [0, 0.1) is 23.4 Å². The molecule has 0 aliphatic heterocycles. The van der Waals surface area contributed by atoms with Gasteiger partial charge in [0.2, 0.25) is 0 Å². The molecule has 4 aromatic rings. The number of rotatable bonds is 10. The average molecular weight is 631 g/mol. The highest BCUT2D eigenvalue weighted by molar-refractivity contribution is 5.95. The van der Waals surface area contributed by atoms with Crippen LogP contribution in [0.4, 0.5) is 30.7 Å². The van der Waals surface area contributed by atoms with Crippen molar-refractivity contribution in [2.24, 2.45) is 5.92 Å². The van der Waals surface area contributed by atoms with E-state index in [0.717, 1.165) is 18.2 Å². The third-order valence-electron chi connectivity index (χ3n) is 8.35. The van der Waals surface area contributed by atoms with Gasteiger partial charge in [-0.2, -0.15) is 13.9 Å². The molecule has 1 amide bonds. The van der Waals surface area contributed by atoms with Crippen LogP contribution < -0.4 is 5.32 Å². The summed E-state index contributed by atoms with van der Waals surface area (Å²) in [6.07, 6.45) is -2.16. The molecule has 2 heterocycles. The molecule has 13 heteroatoms. The van der Waals surface area contributed by atoms with E-state index < -0.39 is 83.6 Å². The number of carbonyl (C=O) groups is 2. The summed E-state index contributed by atoms with van der Waals surface area (Å²) in [4.78, 5) is 30.2. The van der Waals surface area contributed by atoms with Gasteiger partial charge in [0.15, 0.2) is 5.78 Å². The molecule has 0 spiro atoms. The number of benzene rings is 2. The number of aromatic nitrogens is 3. The quantitative estimate of drug-likeness (QED) is 0.195. The molecule has 2 unspecified atom stereocenters. The number of pyridine rings is 1.